The van der Waals surface area contributed by atoms with Gasteiger partial charge >= 0.3 is 0 Å². The maximum atomic E-state index is 11.1. The molecular formula is C11H15NO2. The molecule has 14 heavy (non-hydrogen) atoms. The molecule has 0 fully saturated rings. The fraction of sp³-hybridized carbons (Fsp3) is 0.364. The molecule has 0 aliphatic rings. The van der Waals surface area contributed by atoms with Crippen molar-refractivity contribution in [3.8, 4) is 0 Å². The third-order valence-electron chi connectivity index (χ3n) is 1.62. The predicted octanol–water partition coefficient (Wildman–Crippen LogP) is 3.70. The number of hydrogen-bond acceptors (Lipinski definition) is 3. The van der Waals surface area contributed by atoms with Gasteiger partial charge in [0.25, 0.3) is 0 Å². The van der Waals surface area contributed by atoms with Crippen molar-refractivity contribution in [1.29, 1.82) is 0 Å². The summed E-state index contributed by atoms with van der Waals surface area (Å²) in [6.07, 6.45) is 0.480. The van der Waals surface area contributed by atoms with Crippen molar-refractivity contribution in [1.82, 2.24) is 0 Å². The summed E-state index contributed by atoms with van der Waals surface area (Å²) >= 11 is 0. The van der Waals surface area contributed by atoms with Gasteiger partial charge in [-0.1, -0.05) is 20.8 Å². The number of nitroso groups, excluding NO2 is 1. The van der Waals surface area contributed by atoms with Gasteiger partial charge in [-0.05, 0) is 29.4 Å². The first kappa shape index (κ1) is 12.5. The van der Waals surface area contributed by atoms with Crippen LogP contribution in [0.25, 0.3) is 0 Å². The Hall–Kier alpha value is -1.51. The van der Waals surface area contributed by atoms with Crippen LogP contribution >= 0.6 is 0 Å². The highest BCUT2D eigenvalue weighted by Gasteiger charge is 2.01. The highest BCUT2D eigenvalue weighted by molar-refractivity contribution is 5.96. The number of nitrogens with zero attached hydrogens (tertiary/aromatic N) is 1. The first-order valence-electron chi connectivity index (χ1n) is 4.74. The van der Waals surface area contributed by atoms with Gasteiger partial charge in [-0.15, -0.1) is 4.91 Å². The molecule has 1 aromatic carbocycles. The van der Waals surface area contributed by atoms with Gasteiger partial charge in [0.2, 0.25) is 0 Å². The third kappa shape index (κ3) is 3.47. The van der Waals surface area contributed by atoms with E-state index in [4.69, 9.17) is 0 Å². The van der Waals surface area contributed by atoms with Gasteiger partial charge in [-0.25, -0.2) is 0 Å². The van der Waals surface area contributed by atoms with Crippen LogP contribution in [0.5, 0.6) is 0 Å². The first-order chi connectivity index (χ1) is 6.77. The smallest absolute Gasteiger partial charge is 0.162 e. The summed E-state index contributed by atoms with van der Waals surface area (Å²) < 4.78 is 0. The molecule has 3 nitrogen and oxygen atoms in total. The molecule has 0 unspecified atom stereocenters. The molecular weight excluding hydrogens is 178 g/mol. The second-order valence-corrected chi connectivity index (χ2v) is 2.41. The molecule has 0 spiro atoms. The zero-order valence-corrected chi connectivity index (χ0v) is 8.78. The molecule has 3 heteroatoms. The van der Waals surface area contributed by atoms with Crippen molar-refractivity contribution in [3.05, 3.63) is 34.7 Å². The summed E-state index contributed by atoms with van der Waals surface area (Å²) in [6, 6.07) is 6.30. The fourth-order valence-electron chi connectivity index (χ4n) is 0.912. The van der Waals surface area contributed by atoms with Gasteiger partial charge < -0.3 is 0 Å². The minimum absolute atomic E-state index is 0.0763. The monoisotopic (exact) mass is 193 g/mol. The molecule has 76 valence electrons. The first-order valence-corrected chi connectivity index (χ1v) is 4.74. The van der Waals surface area contributed by atoms with E-state index in [9.17, 15) is 9.70 Å². The quantitative estimate of drug-likeness (QED) is 0.542. The van der Waals surface area contributed by atoms with Crippen LogP contribution in [0.2, 0.25) is 0 Å². The number of Topliss-reactive ketones (excluding diaryl/α,β-unsaturated/α-hetero) is 1. The Bertz CT molecular complexity index is 291. The van der Waals surface area contributed by atoms with E-state index in [1.165, 1.54) is 12.1 Å². The highest BCUT2D eigenvalue weighted by atomic mass is 16.3. The number of rotatable bonds is 3. The summed E-state index contributed by atoms with van der Waals surface area (Å²) in [5.41, 5.74) is 0.979. The molecule has 0 N–H and O–H groups in total. The van der Waals surface area contributed by atoms with E-state index in [1.807, 2.05) is 13.8 Å². The molecule has 0 aliphatic heterocycles. The topological polar surface area (TPSA) is 46.5 Å². The van der Waals surface area contributed by atoms with Crippen molar-refractivity contribution in [2.45, 2.75) is 27.2 Å². The van der Waals surface area contributed by atoms with Crippen molar-refractivity contribution < 1.29 is 4.79 Å². The van der Waals surface area contributed by atoms with Crippen LogP contribution in [0, 0.1) is 4.91 Å². The largest absolute Gasteiger partial charge is 0.294 e. The number of carbonyl (C=O) groups is 1. The van der Waals surface area contributed by atoms with Crippen LogP contribution in [-0.2, 0) is 0 Å². The van der Waals surface area contributed by atoms with E-state index in [0.29, 0.717) is 17.7 Å². The van der Waals surface area contributed by atoms with Crippen molar-refractivity contribution in [2.75, 3.05) is 0 Å². The lowest BCUT2D eigenvalue weighted by atomic mass is 10.1. The summed E-state index contributed by atoms with van der Waals surface area (Å²) in [7, 11) is 0. The van der Waals surface area contributed by atoms with Crippen LogP contribution in [0.15, 0.2) is 29.4 Å². The van der Waals surface area contributed by atoms with Crippen molar-refractivity contribution in [2.24, 2.45) is 5.18 Å². The molecule has 0 saturated carbocycles. The molecule has 0 radical (unpaired) electrons. The molecule has 0 aromatic heterocycles. The Kier molecular flexibility index (Phi) is 6.20. The Morgan fingerprint density at radius 1 is 1.21 bits per heavy atom. The van der Waals surface area contributed by atoms with E-state index >= 15 is 0 Å². The third-order valence-corrected chi connectivity index (χ3v) is 1.62. The highest BCUT2D eigenvalue weighted by Crippen LogP contribution is 2.13. The lowest BCUT2D eigenvalue weighted by molar-refractivity contribution is 0.0988. The zero-order chi connectivity index (χ0) is 11.0. The van der Waals surface area contributed by atoms with Crippen LogP contribution in [0.4, 0.5) is 5.69 Å². The van der Waals surface area contributed by atoms with Gasteiger partial charge in [0.15, 0.2) is 5.78 Å². The predicted molar refractivity (Wildman–Crippen MR) is 57.9 cm³/mol. The molecule has 1 aromatic rings. The second-order valence-electron chi connectivity index (χ2n) is 2.41. The van der Waals surface area contributed by atoms with Gasteiger partial charge in [0.1, 0.15) is 5.69 Å². The summed E-state index contributed by atoms with van der Waals surface area (Å²) in [5, 5.41) is 2.74. The molecule has 1 rings (SSSR count). The van der Waals surface area contributed by atoms with E-state index < -0.39 is 0 Å². The van der Waals surface area contributed by atoms with Gasteiger partial charge in [-0.2, -0.15) is 0 Å². The Balaban J connectivity index is 0.000000791. The van der Waals surface area contributed by atoms with Gasteiger partial charge in [0, 0.05) is 12.0 Å². The van der Waals surface area contributed by atoms with E-state index in [2.05, 4.69) is 5.18 Å². The number of hydrogen-bond donors (Lipinski definition) is 0. The molecule has 0 bridgehead atoms. The Labute approximate surface area is 84.1 Å². The number of carbonyl (C=O) groups excluding carboxylic acids is 1. The zero-order valence-electron chi connectivity index (χ0n) is 8.78. The molecule has 0 saturated heterocycles. The fourth-order valence-corrected chi connectivity index (χ4v) is 0.912. The lowest BCUT2D eigenvalue weighted by Gasteiger charge is -1.95. The number of benzene rings is 1. The maximum Gasteiger partial charge on any atom is 0.162 e. The second kappa shape index (κ2) is 6.95. The minimum atomic E-state index is 0.0763. The standard InChI is InChI=1S/C9H9NO2.C2H6/c1-2-9(11)7-3-5-8(10-12)6-4-7;1-2/h3-6H,2H2,1H3;1-2H3. The van der Waals surface area contributed by atoms with E-state index in [0.717, 1.165) is 0 Å². The Morgan fingerprint density at radius 3 is 2.07 bits per heavy atom. The molecule has 0 atom stereocenters. The van der Waals surface area contributed by atoms with Crippen LogP contribution in [-0.4, -0.2) is 5.78 Å². The summed E-state index contributed by atoms with van der Waals surface area (Å²) in [5.74, 6) is 0.0763. The molecule has 0 amide bonds. The molecule has 0 aliphatic carbocycles. The van der Waals surface area contributed by atoms with Crippen molar-refractivity contribution in [3.63, 3.8) is 0 Å². The van der Waals surface area contributed by atoms with Crippen LogP contribution in [0.1, 0.15) is 37.6 Å². The van der Waals surface area contributed by atoms with Gasteiger partial charge in [0.05, 0.1) is 0 Å². The van der Waals surface area contributed by atoms with E-state index in [-0.39, 0.29) is 5.78 Å². The maximum absolute atomic E-state index is 11.1. The Morgan fingerprint density at radius 2 is 1.71 bits per heavy atom. The normalized spacial score (nSPS) is 8.50. The van der Waals surface area contributed by atoms with E-state index in [1.54, 1.807) is 19.1 Å². The average molecular weight is 193 g/mol. The van der Waals surface area contributed by atoms with Crippen LogP contribution in [0.3, 0.4) is 0 Å². The van der Waals surface area contributed by atoms with Gasteiger partial charge in [-0.3, -0.25) is 4.79 Å². The summed E-state index contributed by atoms with van der Waals surface area (Å²) in [6.45, 7) is 5.80. The number of ketones is 1. The average Bonchev–Trinajstić information content (AvgIpc) is 2.31. The SMILES string of the molecule is CC.CCC(=O)c1ccc(N=O)cc1. The van der Waals surface area contributed by atoms with Crippen molar-refractivity contribution >= 4 is 11.5 Å². The summed E-state index contributed by atoms with van der Waals surface area (Å²) in [4.78, 5) is 21.1. The minimum Gasteiger partial charge on any atom is -0.294 e. The lowest BCUT2D eigenvalue weighted by Crippen LogP contribution is -1.94. The van der Waals surface area contributed by atoms with Crippen LogP contribution < -0.4 is 0 Å². The molecule has 0 heterocycles.